The Hall–Kier alpha value is -2.43. The number of carbonyl (C=O) groups excluding carboxylic acids is 1. The van der Waals surface area contributed by atoms with Crippen LogP contribution in [0.1, 0.15) is 12.0 Å². The Bertz CT molecular complexity index is 970. The molecule has 6 heteroatoms. The van der Waals surface area contributed by atoms with Gasteiger partial charge < -0.3 is 0 Å². The third-order valence-electron chi connectivity index (χ3n) is 4.00. The fraction of sp³-hybridized carbons (Fsp3) is 0.150. The lowest BCUT2D eigenvalue weighted by Gasteiger charge is -2.14. The predicted molar refractivity (Wildman–Crippen MR) is 104 cm³/mol. The van der Waals surface area contributed by atoms with Gasteiger partial charge in [0.2, 0.25) is 0 Å². The normalized spacial score (nSPS) is 10.7. The summed E-state index contributed by atoms with van der Waals surface area (Å²) >= 11 is 12.1. The summed E-state index contributed by atoms with van der Waals surface area (Å²) in [5.41, 5.74) is 1.65. The monoisotopic (exact) mass is 386 g/mol. The Kier molecular flexibility index (Phi) is 5.86. The lowest BCUT2D eigenvalue weighted by Crippen LogP contribution is -2.27. The number of ketones is 1. The summed E-state index contributed by atoms with van der Waals surface area (Å²) in [6, 6.07) is 18.8. The van der Waals surface area contributed by atoms with Crippen molar-refractivity contribution < 1.29 is 4.79 Å². The van der Waals surface area contributed by atoms with Crippen LogP contribution in [-0.2, 0) is 17.8 Å². The Morgan fingerprint density at radius 3 is 2.19 bits per heavy atom. The molecule has 0 aliphatic carbocycles. The van der Waals surface area contributed by atoms with Crippen LogP contribution in [0.4, 0.5) is 0 Å². The van der Waals surface area contributed by atoms with E-state index in [0.717, 1.165) is 5.56 Å². The van der Waals surface area contributed by atoms with Crippen molar-refractivity contribution in [1.29, 1.82) is 0 Å². The summed E-state index contributed by atoms with van der Waals surface area (Å²) in [7, 11) is 0. The Morgan fingerprint density at radius 1 is 0.923 bits per heavy atom. The smallest absolute Gasteiger partial charge is 0.289 e. The highest BCUT2D eigenvalue weighted by Gasteiger charge is 2.18. The van der Waals surface area contributed by atoms with E-state index in [1.54, 1.807) is 12.1 Å². The predicted octanol–water partition coefficient (Wildman–Crippen LogP) is 4.42. The van der Waals surface area contributed by atoms with Gasteiger partial charge in [-0.2, -0.15) is 0 Å². The maximum absolute atomic E-state index is 12.5. The van der Waals surface area contributed by atoms with Gasteiger partial charge >= 0.3 is 0 Å². The van der Waals surface area contributed by atoms with E-state index >= 15 is 0 Å². The van der Waals surface area contributed by atoms with Crippen LogP contribution in [0.5, 0.6) is 0 Å². The Morgan fingerprint density at radius 2 is 1.54 bits per heavy atom. The number of benzene rings is 2. The van der Waals surface area contributed by atoms with Crippen molar-refractivity contribution in [1.82, 2.24) is 9.55 Å². The van der Waals surface area contributed by atoms with Gasteiger partial charge in [0.05, 0.1) is 12.2 Å². The zero-order chi connectivity index (χ0) is 18.5. The van der Waals surface area contributed by atoms with E-state index in [-0.39, 0.29) is 22.6 Å². The fourth-order valence-corrected chi connectivity index (χ4v) is 3.24. The van der Waals surface area contributed by atoms with Crippen molar-refractivity contribution in [3.8, 4) is 11.3 Å². The molecule has 4 nitrogen and oxygen atoms in total. The molecule has 0 aliphatic heterocycles. The number of nitrogens with zero attached hydrogens (tertiary/aromatic N) is 2. The molecule has 0 bridgehead atoms. The van der Waals surface area contributed by atoms with Crippen LogP contribution < -0.4 is 5.56 Å². The number of aryl methyl sites for hydroxylation is 1. The molecule has 0 radical (unpaired) electrons. The van der Waals surface area contributed by atoms with Gasteiger partial charge in [-0.15, -0.1) is 0 Å². The highest BCUT2D eigenvalue weighted by molar-refractivity contribution is 6.33. The summed E-state index contributed by atoms with van der Waals surface area (Å²) in [5.74, 6) is -0.0773. The van der Waals surface area contributed by atoms with Gasteiger partial charge in [0.1, 0.15) is 0 Å². The Labute approximate surface area is 161 Å². The van der Waals surface area contributed by atoms with E-state index in [4.69, 9.17) is 23.2 Å². The first-order valence-corrected chi connectivity index (χ1v) is 8.88. The molecule has 0 unspecified atom stereocenters. The maximum atomic E-state index is 12.5. The number of aromatic nitrogens is 2. The van der Waals surface area contributed by atoms with Gasteiger partial charge in [-0.05, 0) is 12.0 Å². The second-order valence-corrected chi connectivity index (χ2v) is 6.54. The zero-order valence-corrected chi connectivity index (χ0v) is 15.4. The van der Waals surface area contributed by atoms with Gasteiger partial charge in [-0.25, -0.2) is 4.98 Å². The number of halogens is 2. The van der Waals surface area contributed by atoms with E-state index in [0.29, 0.717) is 24.1 Å². The highest BCUT2D eigenvalue weighted by atomic mass is 35.5. The molecule has 1 aromatic heterocycles. The highest BCUT2D eigenvalue weighted by Crippen LogP contribution is 2.26. The molecule has 132 valence electrons. The molecule has 0 saturated carbocycles. The molecule has 0 N–H and O–H groups in total. The molecule has 3 aromatic rings. The van der Waals surface area contributed by atoms with Crippen molar-refractivity contribution >= 4 is 29.0 Å². The molecule has 0 atom stereocenters. The summed E-state index contributed by atoms with van der Waals surface area (Å²) < 4.78 is 1.31. The summed E-state index contributed by atoms with van der Waals surface area (Å²) in [5, 5.41) is -0.151. The molecule has 3 rings (SSSR count). The van der Waals surface area contributed by atoms with E-state index in [1.165, 1.54) is 4.57 Å². The first-order chi connectivity index (χ1) is 12.6. The first-order valence-electron chi connectivity index (χ1n) is 8.13. The summed E-state index contributed by atoms with van der Waals surface area (Å²) in [6.45, 7) is -0.0994. The number of carbonyl (C=O) groups is 1. The van der Waals surface area contributed by atoms with Crippen LogP contribution in [0.25, 0.3) is 11.3 Å². The van der Waals surface area contributed by atoms with E-state index in [9.17, 15) is 9.59 Å². The summed E-state index contributed by atoms with van der Waals surface area (Å²) in [6.07, 6.45) is 0.934. The third kappa shape index (κ3) is 4.21. The maximum Gasteiger partial charge on any atom is 0.289 e. The second kappa shape index (κ2) is 8.30. The van der Waals surface area contributed by atoms with Crippen LogP contribution >= 0.6 is 23.2 Å². The topological polar surface area (TPSA) is 52.0 Å². The Balaban J connectivity index is 1.89. The molecular formula is C20H16Cl2N2O2. The largest absolute Gasteiger partial charge is 0.298 e. The van der Waals surface area contributed by atoms with Gasteiger partial charge in [-0.3, -0.25) is 14.2 Å². The lowest BCUT2D eigenvalue weighted by molar-refractivity contribution is -0.119. The number of hydrogen-bond acceptors (Lipinski definition) is 3. The van der Waals surface area contributed by atoms with E-state index < -0.39 is 5.56 Å². The molecule has 2 aromatic carbocycles. The SMILES string of the molecule is O=C(CCc1ccccc1)Cn1c(-c2ccccc2)c(Cl)nc(Cl)c1=O. The van der Waals surface area contributed by atoms with Crippen LogP contribution in [0.15, 0.2) is 65.5 Å². The van der Waals surface area contributed by atoms with Crippen LogP contribution in [0.3, 0.4) is 0 Å². The minimum Gasteiger partial charge on any atom is -0.298 e. The first kappa shape index (κ1) is 18.4. The molecule has 0 amide bonds. The lowest BCUT2D eigenvalue weighted by atomic mass is 10.1. The summed E-state index contributed by atoms with van der Waals surface area (Å²) in [4.78, 5) is 28.9. The molecule has 26 heavy (non-hydrogen) atoms. The van der Waals surface area contributed by atoms with E-state index in [2.05, 4.69) is 4.98 Å². The van der Waals surface area contributed by atoms with Crippen molar-refractivity contribution in [2.24, 2.45) is 0 Å². The van der Waals surface area contributed by atoms with Gasteiger partial charge in [0, 0.05) is 12.0 Å². The van der Waals surface area contributed by atoms with Crippen LogP contribution in [0, 0.1) is 0 Å². The molecule has 0 fully saturated rings. The third-order valence-corrected chi connectivity index (χ3v) is 4.51. The van der Waals surface area contributed by atoms with E-state index in [1.807, 2.05) is 48.5 Å². The number of rotatable bonds is 6. The van der Waals surface area contributed by atoms with Crippen molar-refractivity contribution in [2.75, 3.05) is 0 Å². The van der Waals surface area contributed by atoms with Gasteiger partial charge in [0.25, 0.3) is 5.56 Å². The average molecular weight is 387 g/mol. The molecule has 0 aliphatic rings. The fourth-order valence-electron chi connectivity index (χ4n) is 2.72. The minimum absolute atomic E-state index is 0.0773. The van der Waals surface area contributed by atoms with Crippen LogP contribution in [0.2, 0.25) is 10.3 Å². The number of hydrogen-bond donors (Lipinski definition) is 0. The second-order valence-electron chi connectivity index (χ2n) is 5.82. The quantitative estimate of drug-likeness (QED) is 0.629. The minimum atomic E-state index is -0.525. The number of Topliss-reactive ketones (excluding diaryl/α,β-unsaturated/α-hetero) is 1. The molecule has 0 spiro atoms. The standard InChI is InChI=1S/C20H16Cl2N2O2/c21-18-17(15-9-5-2-6-10-15)24(20(26)19(22)23-18)13-16(25)12-11-14-7-3-1-4-8-14/h1-10H,11-13H2. The van der Waals surface area contributed by atoms with Crippen LogP contribution in [-0.4, -0.2) is 15.3 Å². The van der Waals surface area contributed by atoms with Crippen molar-refractivity contribution in [3.05, 3.63) is 86.9 Å². The average Bonchev–Trinajstić information content (AvgIpc) is 2.66. The molecule has 0 saturated heterocycles. The zero-order valence-electron chi connectivity index (χ0n) is 13.9. The van der Waals surface area contributed by atoms with Crippen molar-refractivity contribution in [3.63, 3.8) is 0 Å². The van der Waals surface area contributed by atoms with Gasteiger partial charge in [0.15, 0.2) is 16.1 Å². The molecular weight excluding hydrogens is 371 g/mol. The van der Waals surface area contributed by atoms with Gasteiger partial charge in [-0.1, -0.05) is 83.9 Å². The van der Waals surface area contributed by atoms with Crippen molar-refractivity contribution in [2.45, 2.75) is 19.4 Å². The molecule has 1 heterocycles.